The summed E-state index contributed by atoms with van der Waals surface area (Å²) in [5.74, 6) is -0.567. The topological polar surface area (TPSA) is 93.2 Å². The molecule has 0 aliphatic heterocycles. The number of hydrogen-bond acceptors (Lipinski definition) is 5. The molecule has 0 saturated heterocycles. The van der Waals surface area contributed by atoms with Gasteiger partial charge in [0.05, 0.1) is 34.1 Å². The van der Waals surface area contributed by atoms with Crippen LogP contribution >= 0.6 is 15.9 Å². The van der Waals surface area contributed by atoms with Crippen molar-refractivity contribution in [3.8, 4) is 6.07 Å². The van der Waals surface area contributed by atoms with Crippen molar-refractivity contribution in [3.63, 3.8) is 0 Å². The van der Waals surface area contributed by atoms with Crippen molar-refractivity contribution < 1.29 is 14.5 Å². The molecule has 0 amide bonds. The minimum atomic E-state index is -0.597. The van der Waals surface area contributed by atoms with E-state index >= 15 is 0 Å². The Hall–Kier alpha value is -1.94. The first-order chi connectivity index (χ1) is 8.49. The van der Waals surface area contributed by atoms with Gasteiger partial charge in [0.25, 0.3) is 5.69 Å². The maximum Gasteiger partial charge on any atom is 0.310 e. The largest absolute Gasteiger partial charge is 0.466 e. The van der Waals surface area contributed by atoms with Gasteiger partial charge in [0.1, 0.15) is 0 Å². The number of nitrogens with zero attached hydrogens (tertiary/aromatic N) is 2. The zero-order chi connectivity index (χ0) is 13.7. The van der Waals surface area contributed by atoms with E-state index in [9.17, 15) is 14.9 Å². The number of nitriles is 1. The standard InChI is InChI=1S/C11H9BrN2O4/c1-2-18-10(15)5-8-3-7(6-13)4-9(12)11(8)14(16)17/h3-4H,2,5H2,1H3. The summed E-state index contributed by atoms with van der Waals surface area (Å²) in [6, 6.07) is 4.53. The van der Waals surface area contributed by atoms with Crippen molar-refractivity contribution in [2.45, 2.75) is 13.3 Å². The Morgan fingerprint density at radius 2 is 2.28 bits per heavy atom. The highest BCUT2D eigenvalue weighted by atomic mass is 79.9. The molecular weight excluding hydrogens is 304 g/mol. The van der Waals surface area contributed by atoms with Gasteiger partial charge in [0.2, 0.25) is 0 Å². The Bertz CT molecular complexity index is 537. The predicted molar refractivity (Wildman–Crippen MR) is 65.8 cm³/mol. The molecule has 1 aromatic carbocycles. The number of nitro benzene ring substituents is 1. The normalized spacial score (nSPS) is 9.61. The lowest BCUT2D eigenvalue weighted by atomic mass is 10.1. The highest BCUT2D eigenvalue weighted by molar-refractivity contribution is 9.10. The van der Waals surface area contributed by atoms with E-state index in [2.05, 4.69) is 15.9 Å². The Labute approximate surface area is 111 Å². The average molecular weight is 313 g/mol. The molecule has 0 spiro atoms. The van der Waals surface area contributed by atoms with E-state index in [4.69, 9.17) is 10.00 Å². The van der Waals surface area contributed by atoms with Crippen LogP contribution in [0.5, 0.6) is 0 Å². The smallest absolute Gasteiger partial charge is 0.310 e. The summed E-state index contributed by atoms with van der Waals surface area (Å²) in [5, 5.41) is 19.7. The summed E-state index contributed by atoms with van der Waals surface area (Å²) in [6.07, 6.45) is -0.238. The number of esters is 1. The molecule has 0 aromatic heterocycles. The van der Waals surface area contributed by atoms with Crippen LogP contribution in [0.1, 0.15) is 18.1 Å². The van der Waals surface area contributed by atoms with E-state index in [-0.39, 0.29) is 34.3 Å². The van der Waals surface area contributed by atoms with E-state index in [0.29, 0.717) is 0 Å². The predicted octanol–water partition coefficient (Wildman–Crippen LogP) is 2.33. The minimum absolute atomic E-state index is 0.157. The van der Waals surface area contributed by atoms with Crippen LogP contribution in [-0.2, 0) is 16.0 Å². The fourth-order valence-electron chi connectivity index (χ4n) is 1.43. The van der Waals surface area contributed by atoms with Crippen LogP contribution in [-0.4, -0.2) is 17.5 Å². The van der Waals surface area contributed by atoms with Gasteiger partial charge in [-0.25, -0.2) is 0 Å². The van der Waals surface area contributed by atoms with Crippen LogP contribution < -0.4 is 0 Å². The number of nitro groups is 1. The number of hydrogen-bond donors (Lipinski definition) is 0. The van der Waals surface area contributed by atoms with E-state index in [0.717, 1.165) is 0 Å². The average Bonchev–Trinajstić information content (AvgIpc) is 2.27. The van der Waals surface area contributed by atoms with Crippen LogP contribution in [0.2, 0.25) is 0 Å². The maximum atomic E-state index is 11.4. The molecule has 0 heterocycles. The number of rotatable bonds is 4. The number of carbonyl (C=O) groups is 1. The van der Waals surface area contributed by atoms with Gasteiger partial charge < -0.3 is 4.74 Å². The van der Waals surface area contributed by atoms with Gasteiger partial charge in [0, 0.05) is 5.56 Å². The Kier molecular flexibility index (Phi) is 4.80. The molecule has 0 N–H and O–H groups in total. The second kappa shape index (κ2) is 6.12. The third-order valence-corrected chi connectivity index (χ3v) is 2.70. The summed E-state index contributed by atoms with van der Waals surface area (Å²) in [6.45, 7) is 1.85. The molecule has 0 saturated carbocycles. The van der Waals surface area contributed by atoms with Crippen molar-refractivity contribution in [2.75, 3.05) is 6.61 Å². The molecule has 0 aliphatic carbocycles. The van der Waals surface area contributed by atoms with Gasteiger partial charge in [-0.2, -0.15) is 5.26 Å². The second-order valence-electron chi connectivity index (χ2n) is 3.32. The zero-order valence-corrected chi connectivity index (χ0v) is 11.1. The summed E-state index contributed by atoms with van der Waals surface area (Å²) >= 11 is 3.02. The number of ether oxygens (including phenoxy) is 1. The molecule has 0 radical (unpaired) electrons. The van der Waals surface area contributed by atoms with Gasteiger partial charge in [-0.1, -0.05) is 0 Å². The summed E-state index contributed by atoms with van der Waals surface area (Å²) < 4.78 is 4.91. The summed E-state index contributed by atoms with van der Waals surface area (Å²) in [7, 11) is 0. The molecule has 0 atom stereocenters. The molecular formula is C11H9BrN2O4. The van der Waals surface area contributed by atoms with Crippen LogP contribution in [0.4, 0.5) is 5.69 Å². The van der Waals surface area contributed by atoms with Crippen LogP contribution in [0, 0.1) is 21.4 Å². The molecule has 94 valence electrons. The number of halogens is 1. The monoisotopic (exact) mass is 312 g/mol. The summed E-state index contributed by atoms with van der Waals surface area (Å²) in [5.41, 5.74) is 0.179. The van der Waals surface area contributed by atoms with Crippen LogP contribution in [0.15, 0.2) is 16.6 Å². The van der Waals surface area contributed by atoms with Crippen molar-refractivity contribution in [1.29, 1.82) is 5.26 Å². The molecule has 0 fully saturated rings. The number of carbonyl (C=O) groups excluding carboxylic acids is 1. The number of benzene rings is 1. The van der Waals surface area contributed by atoms with Gasteiger partial charge in [0.15, 0.2) is 0 Å². The van der Waals surface area contributed by atoms with Gasteiger partial charge in [-0.15, -0.1) is 0 Å². The Morgan fingerprint density at radius 1 is 1.61 bits per heavy atom. The molecule has 0 unspecified atom stereocenters. The highest BCUT2D eigenvalue weighted by Gasteiger charge is 2.22. The van der Waals surface area contributed by atoms with E-state index in [1.54, 1.807) is 6.92 Å². The van der Waals surface area contributed by atoms with Gasteiger partial charge in [-0.3, -0.25) is 14.9 Å². The minimum Gasteiger partial charge on any atom is -0.466 e. The molecule has 0 aliphatic rings. The molecule has 0 bridgehead atoms. The zero-order valence-electron chi connectivity index (χ0n) is 9.47. The van der Waals surface area contributed by atoms with Crippen molar-refractivity contribution in [1.82, 2.24) is 0 Å². The summed E-state index contributed by atoms with van der Waals surface area (Å²) in [4.78, 5) is 21.7. The maximum absolute atomic E-state index is 11.4. The molecule has 1 rings (SSSR count). The lowest BCUT2D eigenvalue weighted by Crippen LogP contribution is -2.09. The quantitative estimate of drug-likeness (QED) is 0.483. The first kappa shape index (κ1) is 14.1. The molecule has 1 aromatic rings. The second-order valence-corrected chi connectivity index (χ2v) is 4.17. The van der Waals surface area contributed by atoms with Crippen molar-refractivity contribution in [2.24, 2.45) is 0 Å². The SMILES string of the molecule is CCOC(=O)Cc1cc(C#N)cc(Br)c1[N+](=O)[O-]. The first-order valence-electron chi connectivity index (χ1n) is 5.02. The third kappa shape index (κ3) is 3.28. The molecule has 6 nitrogen and oxygen atoms in total. The van der Waals surface area contributed by atoms with E-state index in [1.165, 1.54) is 12.1 Å². The highest BCUT2D eigenvalue weighted by Crippen LogP contribution is 2.30. The van der Waals surface area contributed by atoms with Crippen molar-refractivity contribution in [3.05, 3.63) is 37.8 Å². The first-order valence-corrected chi connectivity index (χ1v) is 5.81. The lowest BCUT2D eigenvalue weighted by Gasteiger charge is -2.05. The Morgan fingerprint density at radius 3 is 2.78 bits per heavy atom. The third-order valence-electron chi connectivity index (χ3n) is 2.09. The fourth-order valence-corrected chi connectivity index (χ4v) is 2.07. The van der Waals surface area contributed by atoms with Gasteiger partial charge in [-0.05, 0) is 35.0 Å². The Balaban J connectivity index is 3.22. The van der Waals surface area contributed by atoms with Gasteiger partial charge >= 0.3 is 5.97 Å². The van der Waals surface area contributed by atoms with E-state index < -0.39 is 10.9 Å². The van der Waals surface area contributed by atoms with Crippen LogP contribution in [0.3, 0.4) is 0 Å². The molecule has 7 heteroatoms. The molecule has 18 heavy (non-hydrogen) atoms. The van der Waals surface area contributed by atoms with E-state index in [1.807, 2.05) is 6.07 Å². The lowest BCUT2D eigenvalue weighted by molar-refractivity contribution is -0.386. The van der Waals surface area contributed by atoms with Crippen LogP contribution in [0.25, 0.3) is 0 Å². The fraction of sp³-hybridized carbons (Fsp3) is 0.273. The van der Waals surface area contributed by atoms with Crippen molar-refractivity contribution >= 4 is 27.6 Å².